The minimum absolute atomic E-state index is 0.0554. The number of alkyl halides is 3. The van der Waals surface area contributed by atoms with Crippen molar-refractivity contribution < 1.29 is 28.0 Å². The number of amides is 2. The number of hydrogen-bond donors (Lipinski definition) is 3. The van der Waals surface area contributed by atoms with Crippen molar-refractivity contribution >= 4 is 23.6 Å². The lowest BCUT2D eigenvalue weighted by Crippen LogP contribution is -2.15. The molecule has 2 aromatic carbocycles. The number of nitrogens with one attached hydrogen (secondary N) is 2. The second-order valence-electron chi connectivity index (χ2n) is 4.93. The normalized spacial score (nSPS) is 11.4. The summed E-state index contributed by atoms with van der Waals surface area (Å²) in [5, 5.41) is 11.0. The fraction of sp³-hybridized carbons (Fsp3) is 0.0588. The summed E-state index contributed by atoms with van der Waals surface area (Å²) >= 11 is 0. The van der Waals surface area contributed by atoms with Crippen LogP contribution in [-0.2, 0) is 11.0 Å². The highest BCUT2D eigenvalue weighted by Gasteiger charge is 2.30. The molecule has 0 aliphatic heterocycles. The molecule has 0 unspecified atom stereocenters. The van der Waals surface area contributed by atoms with Gasteiger partial charge in [-0.25, -0.2) is 5.48 Å². The van der Waals surface area contributed by atoms with Crippen molar-refractivity contribution in [3.63, 3.8) is 0 Å². The third kappa shape index (κ3) is 4.92. The third-order valence-corrected chi connectivity index (χ3v) is 3.21. The molecule has 5 nitrogen and oxygen atoms in total. The van der Waals surface area contributed by atoms with E-state index in [1.54, 1.807) is 24.3 Å². The van der Waals surface area contributed by atoms with Crippen LogP contribution in [0.15, 0.2) is 54.6 Å². The highest BCUT2D eigenvalue weighted by atomic mass is 19.4. The largest absolute Gasteiger partial charge is 0.416 e. The van der Waals surface area contributed by atoms with Gasteiger partial charge in [0.25, 0.3) is 11.8 Å². The van der Waals surface area contributed by atoms with Gasteiger partial charge < -0.3 is 5.32 Å². The maximum atomic E-state index is 12.5. The Kier molecular flexibility index (Phi) is 5.56. The average molecular weight is 350 g/mol. The zero-order chi connectivity index (χ0) is 18.4. The number of anilines is 1. The minimum Gasteiger partial charge on any atom is -0.321 e. The van der Waals surface area contributed by atoms with Crippen molar-refractivity contribution in [3.8, 4) is 0 Å². The monoisotopic (exact) mass is 350 g/mol. The van der Waals surface area contributed by atoms with Gasteiger partial charge in [-0.15, -0.1) is 0 Å². The van der Waals surface area contributed by atoms with Crippen LogP contribution < -0.4 is 10.8 Å². The summed E-state index contributed by atoms with van der Waals surface area (Å²) in [7, 11) is 0. The number of carbonyl (C=O) groups excluding carboxylic acids is 2. The van der Waals surface area contributed by atoms with Crippen LogP contribution in [0.1, 0.15) is 21.5 Å². The number of hydroxylamine groups is 1. The number of benzene rings is 2. The van der Waals surface area contributed by atoms with Crippen LogP contribution >= 0.6 is 0 Å². The van der Waals surface area contributed by atoms with Crippen molar-refractivity contribution in [2.24, 2.45) is 0 Å². The Morgan fingerprint density at radius 3 is 2.24 bits per heavy atom. The van der Waals surface area contributed by atoms with E-state index in [0.717, 1.165) is 30.3 Å². The first-order chi connectivity index (χ1) is 11.8. The van der Waals surface area contributed by atoms with Crippen molar-refractivity contribution in [2.45, 2.75) is 6.18 Å². The van der Waals surface area contributed by atoms with Crippen molar-refractivity contribution in [3.05, 3.63) is 71.3 Å². The van der Waals surface area contributed by atoms with Gasteiger partial charge in [-0.05, 0) is 42.0 Å². The SMILES string of the molecule is O=C(C=Cc1ccccc1NC(=O)c1ccc(C(F)(F)F)cc1)NO. The van der Waals surface area contributed by atoms with Gasteiger partial charge in [0, 0.05) is 17.3 Å². The number of hydrogen-bond acceptors (Lipinski definition) is 3. The lowest BCUT2D eigenvalue weighted by atomic mass is 10.1. The van der Waals surface area contributed by atoms with E-state index in [4.69, 9.17) is 5.21 Å². The maximum Gasteiger partial charge on any atom is 0.416 e. The van der Waals surface area contributed by atoms with Crippen LogP contribution in [0, 0.1) is 0 Å². The summed E-state index contributed by atoms with van der Waals surface area (Å²) in [6.45, 7) is 0. The lowest BCUT2D eigenvalue weighted by molar-refractivity contribution is -0.137. The van der Waals surface area contributed by atoms with Crippen LogP contribution in [0.3, 0.4) is 0 Å². The van der Waals surface area contributed by atoms with Crippen LogP contribution in [0.2, 0.25) is 0 Å². The highest BCUT2D eigenvalue weighted by Crippen LogP contribution is 2.29. The molecule has 0 radical (unpaired) electrons. The number of para-hydroxylation sites is 1. The highest BCUT2D eigenvalue weighted by molar-refractivity contribution is 6.05. The molecule has 0 aliphatic carbocycles. The van der Waals surface area contributed by atoms with E-state index >= 15 is 0 Å². The first-order valence-electron chi connectivity index (χ1n) is 7.01. The van der Waals surface area contributed by atoms with E-state index in [0.29, 0.717) is 11.3 Å². The average Bonchev–Trinajstić information content (AvgIpc) is 2.60. The Hall–Kier alpha value is -3.13. The lowest BCUT2D eigenvalue weighted by Gasteiger charge is -2.10. The van der Waals surface area contributed by atoms with Gasteiger partial charge in [0.1, 0.15) is 0 Å². The molecule has 0 saturated heterocycles. The van der Waals surface area contributed by atoms with Crippen LogP contribution in [0.5, 0.6) is 0 Å². The fourth-order valence-electron chi connectivity index (χ4n) is 1.96. The van der Waals surface area contributed by atoms with Crippen molar-refractivity contribution in [2.75, 3.05) is 5.32 Å². The zero-order valence-electron chi connectivity index (χ0n) is 12.7. The first-order valence-corrected chi connectivity index (χ1v) is 7.01. The molecule has 0 aliphatic rings. The second kappa shape index (κ2) is 7.63. The van der Waals surface area contributed by atoms with Crippen molar-refractivity contribution in [1.82, 2.24) is 5.48 Å². The van der Waals surface area contributed by atoms with E-state index in [1.165, 1.54) is 11.6 Å². The molecule has 2 amide bonds. The quantitative estimate of drug-likeness (QED) is 0.449. The summed E-state index contributed by atoms with van der Waals surface area (Å²) in [4.78, 5) is 23.2. The predicted molar refractivity (Wildman–Crippen MR) is 84.8 cm³/mol. The third-order valence-electron chi connectivity index (χ3n) is 3.21. The van der Waals surface area contributed by atoms with E-state index in [2.05, 4.69) is 5.32 Å². The van der Waals surface area contributed by atoms with E-state index in [9.17, 15) is 22.8 Å². The van der Waals surface area contributed by atoms with Crippen molar-refractivity contribution in [1.29, 1.82) is 0 Å². The molecule has 25 heavy (non-hydrogen) atoms. The van der Waals surface area contributed by atoms with Gasteiger partial charge in [0.15, 0.2) is 0 Å². The molecule has 0 spiro atoms. The van der Waals surface area contributed by atoms with Gasteiger partial charge in [0.05, 0.1) is 5.56 Å². The zero-order valence-corrected chi connectivity index (χ0v) is 12.7. The van der Waals surface area contributed by atoms with Crippen LogP contribution in [-0.4, -0.2) is 17.0 Å². The standard InChI is InChI=1S/C17H13F3N2O3/c18-17(19,20)13-8-5-12(6-9-13)16(24)21-14-4-2-1-3-11(14)7-10-15(23)22-25/h1-10,25H,(H,21,24)(H,22,23). The summed E-state index contributed by atoms with van der Waals surface area (Å²) in [5.74, 6) is -1.34. The molecule has 2 rings (SSSR count). The molecular formula is C17H13F3N2O3. The number of halogens is 3. The van der Waals surface area contributed by atoms with E-state index < -0.39 is 23.6 Å². The molecule has 0 aromatic heterocycles. The molecule has 2 aromatic rings. The van der Waals surface area contributed by atoms with E-state index in [1.807, 2.05) is 0 Å². The Morgan fingerprint density at radius 2 is 1.64 bits per heavy atom. The summed E-state index contributed by atoms with van der Waals surface area (Å²) in [5.41, 5.74) is 1.48. The second-order valence-corrected chi connectivity index (χ2v) is 4.93. The predicted octanol–water partition coefficient (Wildman–Crippen LogP) is 3.48. The molecule has 0 fully saturated rings. The van der Waals surface area contributed by atoms with E-state index in [-0.39, 0.29) is 5.56 Å². The molecule has 0 bridgehead atoms. The molecule has 0 atom stereocenters. The molecule has 130 valence electrons. The van der Waals surface area contributed by atoms with Crippen LogP contribution in [0.25, 0.3) is 6.08 Å². The molecule has 0 heterocycles. The molecular weight excluding hydrogens is 337 g/mol. The smallest absolute Gasteiger partial charge is 0.321 e. The Balaban J connectivity index is 2.18. The van der Waals surface area contributed by atoms with Gasteiger partial charge in [0.2, 0.25) is 0 Å². The maximum absolute atomic E-state index is 12.5. The minimum atomic E-state index is -4.47. The number of rotatable bonds is 4. The Labute approximate surface area is 140 Å². The summed E-state index contributed by atoms with van der Waals surface area (Å²) < 4.78 is 37.6. The van der Waals surface area contributed by atoms with Gasteiger partial charge in [-0.3, -0.25) is 14.8 Å². The Bertz CT molecular complexity index is 800. The molecule has 3 N–H and O–H groups in total. The number of carbonyl (C=O) groups is 2. The summed E-state index contributed by atoms with van der Waals surface area (Å²) in [6.07, 6.45) is -2.04. The van der Waals surface area contributed by atoms with Crippen LogP contribution in [0.4, 0.5) is 18.9 Å². The first kappa shape index (κ1) is 18.2. The molecule has 0 saturated carbocycles. The topological polar surface area (TPSA) is 78.4 Å². The fourth-order valence-corrected chi connectivity index (χ4v) is 1.96. The Morgan fingerprint density at radius 1 is 1.00 bits per heavy atom. The van der Waals surface area contributed by atoms with Gasteiger partial charge in [-0.2, -0.15) is 13.2 Å². The van der Waals surface area contributed by atoms with Gasteiger partial charge >= 0.3 is 6.18 Å². The van der Waals surface area contributed by atoms with Gasteiger partial charge in [-0.1, -0.05) is 18.2 Å². The molecule has 8 heteroatoms. The summed E-state index contributed by atoms with van der Waals surface area (Å²) in [6, 6.07) is 10.3.